The summed E-state index contributed by atoms with van der Waals surface area (Å²) in [5.41, 5.74) is -0.166. The van der Waals surface area contributed by atoms with E-state index in [0.29, 0.717) is 6.42 Å². The van der Waals surface area contributed by atoms with Crippen molar-refractivity contribution in [2.75, 3.05) is 6.61 Å². The first kappa shape index (κ1) is 13.5. The molecule has 2 unspecified atom stereocenters. The van der Waals surface area contributed by atoms with Crippen molar-refractivity contribution in [2.24, 2.45) is 11.3 Å². The zero-order valence-corrected chi connectivity index (χ0v) is 10.2. The highest BCUT2D eigenvalue weighted by molar-refractivity contribution is 5.71. The fraction of sp³-hybridized carbons (Fsp3) is 0.923. The molecule has 0 saturated heterocycles. The smallest absolute Gasteiger partial charge is 0.307 e. The van der Waals surface area contributed by atoms with Crippen LogP contribution in [0.4, 0.5) is 0 Å². The summed E-state index contributed by atoms with van der Waals surface area (Å²) in [5, 5.41) is 18.6. The first-order valence-electron chi connectivity index (χ1n) is 6.50. The van der Waals surface area contributed by atoms with E-state index in [4.69, 9.17) is 0 Å². The third-order valence-corrected chi connectivity index (χ3v) is 4.27. The second-order valence-corrected chi connectivity index (χ2v) is 5.03. The molecule has 0 aromatic carbocycles. The van der Waals surface area contributed by atoms with Gasteiger partial charge in [-0.25, -0.2) is 0 Å². The fourth-order valence-corrected chi connectivity index (χ4v) is 3.17. The standard InChI is InChI=1S/C13H24O3/c1-2-13(9-10-14)8-6-4-3-5-7-11(13)12(15)16/h11,14H,2-10H2,1H3,(H,15,16). The maximum atomic E-state index is 11.4. The van der Waals surface area contributed by atoms with Gasteiger partial charge in [-0.05, 0) is 31.1 Å². The van der Waals surface area contributed by atoms with Crippen LogP contribution in [0.15, 0.2) is 0 Å². The van der Waals surface area contributed by atoms with Gasteiger partial charge in [-0.2, -0.15) is 0 Å². The van der Waals surface area contributed by atoms with E-state index in [1.807, 2.05) is 0 Å². The van der Waals surface area contributed by atoms with E-state index in [2.05, 4.69) is 6.92 Å². The van der Waals surface area contributed by atoms with E-state index < -0.39 is 5.97 Å². The zero-order valence-electron chi connectivity index (χ0n) is 10.2. The number of hydrogen-bond donors (Lipinski definition) is 2. The van der Waals surface area contributed by atoms with Crippen molar-refractivity contribution in [1.29, 1.82) is 0 Å². The quantitative estimate of drug-likeness (QED) is 0.778. The third-order valence-electron chi connectivity index (χ3n) is 4.27. The Bertz CT molecular complexity index is 227. The highest BCUT2D eigenvalue weighted by Gasteiger charge is 2.40. The topological polar surface area (TPSA) is 57.5 Å². The van der Waals surface area contributed by atoms with Crippen LogP contribution in [-0.4, -0.2) is 22.8 Å². The summed E-state index contributed by atoms with van der Waals surface area (Å²) in [7, 11) is 0. The van der Waals surface area contributed by atoms with E-state index in [1.54, 1.807) is 0 Å². The minimum Gasteiger partial charge on any atom is -0.481 e. The van der Waals surface area contributed by atoms with Gasteiger partial charge in [0, 0.05) is 6.61 Å². The van der Waals surface area contributed by atoms with Crippen LogP contribution < -0.4 is 0 Å². The minimum atomic E-state index is -0.669. The summed E-state index contributed by atoms with van der Waals surface area (Å²) >= 11 is 0. The molecule has 1 rings (SSSR count). The molecule has 0 bridgehead atoms. The number of aliphatic hydroxyl groups excluding tert-OH is 1. The first-order valence-corrected chi connectivity index (χ1v) is 6.50. The van der Waals surface area contributed by atoms with Crippen molar-refractivity contribution in [3.63, 3.8) is 0 Å². The van der Waals surface area contributed by atoms with Gasteiger partial charge in [0.2, 0.25) is 0 Å². The van der Waals surface area contributed by atoms with Crippen molar-refractivity contribution < 1.29 is 15.0 Å². The lowest BCUT2D eigenvalue weighted by molar-refractivity contribution is -0.148. The maximum Gasteiger partial charge on any atom is 0.307 e. The zero-order chi connectivity index (χ0) is 12.0. The maximum absolute atomic E-state index is 11.4. The third kappa shape index (κ3) is 2.97. The van der Waals surface area contributed by atoms with Crippen LogP contribution in [0.25, 0.3) is 0 Å². The van der Waals surface area contributed by atoms with Gasteiger partial charge in [0.25, 0.3) is 0 Å². The summed E-state index contributed by atoms with van der Waals surface area (Å²) < 4.78 is 0. The second-order valence-electron chi connectivity index (χ2n) is 5.03. The van der Waals surface area contributed by atoms with Gasteiger partial charge in [0.15, 0.2) is 0 Å². The summed E-state index contributed by atoms with van der Waals surface area (Å²) in [6, 6.07) is 0. The van der Waals surface area contributed by atoms with Crippen molar-refractivity contribution >= 4 is 5.97 Å². The predicted molar refractivity (Wildman–Crippen MR) is 63.3 cm³/mol. The van der Waals surface area contributed by atoms with Crippen LogP contribution >= 0.6 is 0 Å². The minimum absolute atomic E-state index is 0.109. The average molecular weight is 228 g/mol. The molecule has 94 valence electrons. The number of rotatable bonds is 4. The molecule has 3 heteroatoms. The Kier molecular flexibility index (Phi) is 5.26. The molecule has 0 aromatic heterocycles. The number of carbonyl (C=O) groups is 1. The van der Waals surface area contributed by atoms with E-state index in [9.17, 15) is 15.0 Å². The number of carboxylic acid groups (broad SMARTS) is 1. The van der Waals surface area contributed by atoms with E-state index in [0.717, 1.165) is 38.5 Å². The van der Waals surface area contributed by atoms with Crippen molar-refractivity contribution in [3.05, 3.63) is 0 Å². The monoisotopic (exact) mass is 228 g/mol. The Morgan fingerprint density at radius 1 is 1.31 bits per heavy atom. The van der Waals surface area contributed by atoms with Crippen LogP contribution in [0.3, 0.4) is 0 Å². The van der Waals surface area contributed by atoms with Crippen LogP contribution in [-0.2, 0) is 4.79 Å². The van der Waals surface area contributed by atoms with Gasteiger partial charge >= 0.3 is 5.97 Å². The Hall–Kier alpha value is -0.570. The first-order chi connectivity index (χ1) is 7.66. The lowest BCUT2D eigenvalue weighted by atomic mass is 9.65. The molecule has 1 aliphatic carbocycles. The highest BCUT2D eigenvalue weighted by Crippen LogP contribution is 2.44. The van der Waals surface area contributed by atoms with Crippen molar-refractivity contribution in [3.8, 4) is 0 Å². The summed E-state index contributed by atoms with van der Waals surface area (Å²) in [6.45, 7) is 2.17. The average Bonchev–Trinajstić information content (AvgIpc) is 2.22. The van der Waals surface area contributed by atoms with Crippen molar-refractivity contribution in [2.45, 2.75) is 58.3 Å². The van der Waals surface area contributed by atoms with E-state index in [-0.39, 0.29) is 17.9 Å². The molecule has 0 radical (unpaired) electrons. The van der Waals surface area contributed by atoms with Gasteiger partial charge in [0.1, 0.15) is 0 Å². The molecule has 16 heavy (non-hydrogen) atoms. The molecule has 0 spiro atoms. The molecule has 2 N–H and O–H groups in total. The normalized spacial score (nSPS) is 31.8. The predicted octanol–water partition coefficient (Wildman–Crippen LogP) is 2.82. The van der Waals surface area contributed by atoms with Crippen molar-refractivity contribution in [1.82, 2.24) is 0 Å². The van der Waals surface area contributed by atoms with E-state index in [1.165, 1.54) is 6.42 Å². The molecule has 1 fully saturated rings. The van der Waals surface area contributed by atoms with Crippen LogP contribution in [0.5, 0.6) is 0 Å². The summed E-state index contributed by atoms with van der Waals surface area (Å²) in [5.74, 6) is -0.929. The van der Waals surface area contributed by atoms with Crippen LogP contribution in [0.1, 0.15) is 58.3 Å². The molecule has 0 aliphatic heterocycles. The van der Waals surface area contributed by atoms with E-state index >= 15 is 0 Å². The molecule has 2 atom stereocenters. The second kappa shape index (κ2) is 6.24. The molecule has 0 heterocycles. The number of aliphatic carboxylic acids is 1. The molecule has 1 saturated carbocycles. The molecular formula is C13H24O3. The largest absolute Gasteiger partial charge is 0.481 e. The number of aliphatic hydroxyl groups is 1. The summed E-state index contributed by atoms with van der Waals surface area (Å²) in [4.78, 5) is 11.4. The lowest BCUT2D eigenvalue weighted by Gasteiger charge is -2.39. The van der Waals surface area contributed by atoms with Gasteiger partial charge in [-0.15, -0.1) is 0 Å². The lowest BCUT2D eigenvalue weighted by Crippen LogP contribution is -2.37. The number of hydrogen-bond acceptors (Lipinski definition) is 2. The van der Waals surface area contributed by atoms with Gasteiger partial charge in [0.05, 0.1) is 5.92 Å². The Morgan fingerprint density at radius 2 is 2.00 bits per heavy atom. The van der Waals surface area contributed by atoms with Crippen LogP contribution in [0.2, 0.25) is 0 Å². The van der Waals surface area contributed by atoms with Crippen LogP contribution in [0, 0.1) is 11.3 Å². The number of carboxylic acids is 1. The summed E-state index contributed by atoms with van der Waals surface area (Å²) in [6.07, 6.45) is 7.74. The molecule has 0 aromatic rings. The Labute approximate surface area is 97.9 Å². The molecule has 3 nitrogen and oxygen atoms in total. The SMILES string of the molecule is CCC1(CCO)CCCCCCC1C(=O)O. The molecule has 1 aliphatic rings. The Morgan fingerprint density at radius 3 is 2.56 bits per heavy atom. The molecule has 0 amide bonds. The fourth-order valence-electron chi connectivity index (χ4n) is 3.17. The van der Waals surface area contributed by atoms with Gasteiger partial charge < -0.3 is 10.2 Å². The Balaban J connectivity index is 2.87. The van der Waals surface area contributed by atoms with Gasteiger partial charge in [-0.1, -0.05) is 32.6 Å². The van der Waals surface area contributed by atoms with Gasteiger partial charge in [-0.3, -0.25) is 4.79 Å². The molecular weight excluding hydrogens is 204 g/mol. The highest BCUT2D eigenvalue weighted by atomic mass is 16.4.